The number of anilines is 2. The van der Waals surface area contributed by atoms with Gasteiger partial charge < -0.3 is 5.32 Å². The Morgan fingerprint density at radius 1 is 0.400 bits per heavy atom. The van der Waals surface area contributed by atoms with Crippen molar-refractivity contribution in [1.29, 1.82) is 0 Å². The number of benzene rings is 7. The predicted octanol–water partition coefficient (Wildman–Crippen LogP) is 11.0. The fraction of sp³-hybridized carbons (Fsp3) is 0.0256. The van der Waals surface area contributed by atoms with Crippen LogP contribution >= 0.6 is 0 Å². The molecule has 0 aliphatic carbocycles. The van der Waals surface area contributed by atoms with Crippen LogP contribution in [0.5, 0.6) is 0 Å². The summed E-state index contributed by atoms with van der Waals surface area (Å²) in [7, 11) is 0. The lowest BCUT2D eigenvalue weighted by atomic mass is 9.90. The SMILES string of the molecule is Cc1ccc(-c2cccc(-c3cc4ccccc4c4ccccc34)c2)cc1-c1ccccc1Nc1ccccc1. The van der Waals surface area contributed by atoms with E-state index in [0.717, 1.165) is 11.4 Å². The van der Waals surface area contributed by atoms with Gasteiger partial charge >= 0.3 is 0 Å². The van der Waals surface area contributed by atoms with E-state index in [9.17, 15) is 0 Å². The molecule has 1 nitrogen and oxygen atoms in total. The van der Waals surface area contributed by atoms with Gasteiger partial charge in [-0.25, -0.2) is 0 Å². The first-order chi connectivity index (χ1) is 19.7. The Labute approximate surface area is 235 Å². The second-order valence-corrected chi connectivity index (χ2v) is 10.3. The van der Waals surface area contributed by atoms with Gasteiger partial charge in [0.1, 0.15) is 0 Å². The van der Waals surface area contributed by atoms with Crippen LogP contribution in [0.1, 0.15) is 5.56 Å². The molecule has 0 radical (unpaired) electrons. The molecule has 1 heteroatoms. The smallest absolute Gasteiger partial charge is 0.0464 e. The number of fused-ring (bicyclic) bond motifs is 3. The minimum Gasteiger partial charge on any atom is -0.355 e. The number of nitrogens with one attached hydrogen (secondary N) is 1. The summed E-state index contributed by atoms with van der Waals surface area (Å²) in [6, 6.07) is 54.4. The van der Waals surface area contributed by atoms with Crippen LogP contribution in [0.15, 0.2) is 152 Å². The molecule has 0 heterocycles. The molecule has 0 saturated carbocycles. The lowest BCUT2D eigenvalue weighted by Gasteiger charge is -2.16. The molecule has 0 aromatic heterocycles. The Morgan fingerprint density at radius 2 is 1.07 bits per heavy atom. The average molecular weight is 512 g/mol. The van der Waals surface area contributed by atoms with E-state index in [1.165, 1.54) is 60.5 Å². The highest BCUT2D eigenvalue weighted by Crippen LogP contribution is 2.38. The van der Waals surface area contributed by atoms with Crippen molar-refractivity contribution in [3.05, 3.63) is 157 Å². The van der Waals surface area contributed by atoms with Crippen LogP contribution in [-0.2, 0) is 0 Å². The molecule has 0 unspecified atom stereocenters. The van der Waals surface area contributed by atoms with Crippen LogP contribution in [0.25, 0.3) is 54.9 Å². The van der Waals surface area contributed by atoms with Crippen molar-refractivity contribution in [2.75, 3.05) is 5.32 Å². The van der Waals surface area contributed by atoms with E-state index in [4.69, 9.17) is 0 Å². The summed E-state index contributed by atoms with van der Waals surface area (Å²) in [5, 5.41) is 8.75. The van der Waals surface area contributed by atoms with Gasteiger partial charge in [-0.3, -0.25) is 0 Å². The third-order valence-corrected chi connectivity index (χ3v) is 7.78. The zero-order valence-corrected chi connectivity index (χ0v) is 22.4. The zero-order valence-electron chi connectivity index (χ0n) is 22.4. The molecular weight excluding hydrogens is 482 g/mol. The first-order valence-corrected chi connectivity index (χ1v) is 13.8. The molecule has 0 spiro atoms. The molecule has 0 atom stereocenters. The Morgan fingerprint density at radius 3 is 1.95 bits per heavy atom. The fourth-order valence-corrected chi connectivity index (χ4v) is 5.76. The number of hydrogen-bond acceptors (Lipinski definition) is 1. The molecule has 0 aliphatic heterocycles. The fourth-order valence-electron chi connectivity index (χ4n) is 5.76. The number of hydrogen-bond donors (Lipinski definition) is 1. The van der Waals surface area contributed by atoms with Crippen LogP contribution in [0.2, 0.25) is 0 Å². The molecule has 0 bridgehead atoms. The van der Waals surface area contributed by atoms with E-state index >= 15 is 0 Å². The van der Waals surface area contributed by atoms with Crippen molar-refractivity contribution >= 4 is 32.9 Å². The standard InChI is InChI=1S/C39H29N/c1-27-22-23-29(25-37(27)36-20-9-10-21-39(36)40-32-15-3-2-4-16-32)28-13-11-14-30(24-28)38-26-31-12-5-6-17-33(31)34-18-7-8-19-35(34)38/h2-26,40H,1H3. The molecule has 0 fully saturated rings. The van der Waals surface area contributed by atoms with Gasteiger partial charge in [-0.15, -0.1) is 0 Å². The largest absolute Gasteiger partial charge is 0.355 e. The maximum atomic E-state index is 3.62. The maximum Gasteiger partial charge on any atom is 0.0464 e. The van der Waals surface area contributed by atoms with Crippen LogP contribution in [0.3, 0.4) is 0 Å². The number of aryl methyl sites for hydroxylation is 1. The van der Waals surface area contributed by atoms with Crippen LogP contribution < -0.4 is 5.32 Å². The molecule has 190 valence electrons. The minimum atomic E-state index is 1.08. The summed E-state index contributed by atoms with van der Waals surface area (Å²) >= 11 is 0. The Bertz CT molecular complexity index is 1980. The molecule has 0 amide bonds. The van der Waals surface area contributed by atoms with Crippen molar-refractivity contribution in [2.24, 2.45) is 0 Å². The van der Waals surface area contributed by atoms with Crippen molar-refractivity contribution in [2.45, 2.75) is 6.92 Å². The molecule has 7 rings (SSSR count). The average Bonchev–Trinajstić information content (AvgIpc) is 3.02. The second-order valence-electron chi connectivity index (χ2n) is 10.3. The van der Waals surface area contributed by atoms with Gasteiger partial charge in [0.15, 0.2) is 0 Å². The molecule has 7 aromatic carbocycles. The number of rotatable bonds is 5. The van der Waals surface area contributed by atoms with E-state index < -0.39 is 0 Å². The van der Waals surface area contributed by atoms with Gasteiger partial charge in [0, 0.05) is 16.9 Å². The van der Waals surface area contributed by atoms with Gasteiger partial charge in [0.25, 0.3) is 0 Å². The van der Waals surface area contributed by atoms with Gasteiger partial charge in [-0.1, -0.05) is 115 Å². The summed E-state index contributed by atoms with van der Waals surface area (Å²) < 4.78 is 0. The molecule has 40 heavy (non-hydrogen) atoms. The lowest BCUT2D eigenvalue weighted by Crippen LogP contribution is -1.94. The van der Waals surface area contributed by atoms with Gasteiger partial charge in [0.05, 0.1) is 0 Å². The quantitative estimate of drug-likeness (QED) is 0.227. The Balaban J connectivity index is 1.33. The normalized spacial score (nSPS) is 11.1. The third-order valence-electron chi connectivity index (χ3n) is 7.78. The summed E-state index contributed by atoms with van der Waals surface area (Å²) in [4.78, 5) is 0. The summed E-state index contributed by atoms with van der Waals surface area (Å²) in [5.74, 6) is 0. The first kappa shape index (κ1) is 23.9. The number of para-hydroxylation sites is 2. The monoisotopic (exact) mass is 511 g/mol. The van der Waals surface area contributed by atoms with Crippen molar-refractivity contribution < 1.29 is 0 Å². The van der Waals surface area contributed by atoms with E-state index in [1.54, 1.807) is 0 Å². The van der Waals surface area contributed by atoms with Crippen LogP contribution in [0.4, 0.5) is 11.4 Å². The highest BCUT2D eigenvalue weighted by Gasteiger charge is 2.12. The van der Waals surface area contributed by atoms with E-state index in [2.05, 4.69) is 158 Å². The van der Waals surface area contributed by atoms with E-state index in [1.807, 2.05) is 6.07 Å². The lowest BCUT2D eigenvalue weighted by molar-refractivity contribution is 1.44. The summed E-state index contributed by atoms with van der Waals surface area (Å²) in [6.07, 6.45) is 0. The highest BCUT2D eigenvalue weighted by molar-refractivity contribution is 6.13. The highest BCUT2D eigenvalue weighted by atomic mass is 14.9. The van der Waals surface area contributed by atoms with Gasteiger partial charge in [0.2, 0.25) is 0 Å². The Kier molecular flexibility index (Phi) is 6.11. The zero-order chi connectivity index (χ0) is 26.9. The van der Waals surface area contributed by atoms with Gasteiger partial charge in [-0.05, 0) is 98.2 Å². The predicted molar refractivity (Wildman–Crippen MR) is 172 cm³/mol. The third kappa shape index (κ3) is 4.42. The van der Waals surface area contributed by atoms with E-state index in [0.29, 0.717) is 0 Å². The van der Waals surface area contributed by atoms with Crippen molar-refractivity contribution in [3.63, 3.8) is 0 Å². The molecule has 1 N–H and O–H groups in total. The van der Waals surface area contributed by atoms with Crippen molar-refractivity contribution in [1.82, 2.24) is 0 Å². The molecular formula is C39H29N. The topological polar surface area (TPSA) is 12.0 Å². The Hall–Kier alpha value is -5.14. The summed E-state index contributed by atoms with van der Waals surface area (Å²) in [5.41, 5.74) is 10.8. The summed E-state index contributed by atoms with van der Waals surface area (Å²) in [6.45, 7) is 2.19. The maximum absolute atomic E-state index is 3.62. The van der Waals surface area contributed by atoms with Crippen molar-refractivity contribution in [3.8, 4) is 33.4 Å². The minimum absolute atomic E-state index is 1.08. The molecule has 7 aromatic rings. The molecule has 0 saturated heterocycles. The first-order valence-electron chi connectivity index (χ1n) is 13.8. The van der Waals surface area contributed by atoms with Gasteiger partial charge in [-0.2, -0.15) is 0 Å². The van der Waals surface area contributed by atoms with Crippen LogP contribution in [-0.4, -0.2) is 0 Å². The second kappa shape index (κ2) is 10.2. The van der Waals surface area contributed by atoms with Crippen LogP contribution in [0, 0.1) is 6.92 Å². The molecule has 0 aliphatic rings. The van der Waals surface area contributed by atoms with E-state index in [-0.39, 0.29) is 0 Å².